The molecule has 0 aliphatic heterocycles. The average molecular weight is 293 g/mol. The zero-order valence-corrected chi connectivity index (χ0v) is 12.4. The van der Waals surface area contributed by atoms with Gasteiger partial charge in [-0.25, -0.2) is 0 Å². The lowest BCUT2D eigenvalue weighted by atomic mass is 10.2. The smallest absolute Gasteiger partial charge is 0.239 e. The van der Waals surface area contributed by atoms with Crippen LogP contribution in [-0.4, -0.2) is 40.3 Å². The topological polar surface area (TPSA) is 92.6 Å². The second-order valence-electron chi connectivity index (χ2n) is 4.03. The molecule has 114 valence electrons. The van der Waals surface area contributed by atoms with Crippen LogP contribution in [0.25, 0.3) is 0 Å². The molecule has 0 spiro atoms. The van der Waals surface area contributed by atoms with Crippen molar-refractivity contribution in [3.63, 3.8) is 0 Å². The van der Waals surface area contributed by atoms with Gasteiger partial charge in [0.2, 0.25) is 11.7 Å². The van der Waals surface area contributed by atoms with Gasteiger partial charge < -0.3 is 24.8 Å². The third-order valence-electron chi connectivity index (χ3n) is 2.68. The highest BCUT2D eigenvalue weighted by Crippen LogP contribution is 2.39. The molecule has 0 saturated heterocycles. The molecule has 0 aliphatic rings. The van der Waals surface area contributed by atoms with Crippen molar-refractivity contribution >= 4 is 11.6 Å². The van der Waals surface area contributed by atoms with E-state index in [0.29, 0.717) is 29.5 Å². The van der Waals surface area contributed by atoms with Crippen molar-refractivity contribution in [2.75, 3.05) is 39.7 Å². The molecule has 0 heterocycles. The van der Waals surface area contributed by atoms with Crippen LogP contribution in [0.4, 0.5) is 5.69 Å². The molecule has 1 aromatic carbocycles. The summed E-state index contributed by atoms with van der Waals surface area (Å²) >= 11 is 0. The fourth-order valence-electron chi connectivity index (χ4n) is 1.69. The first-order valence-electron chi connectivity index (χ1n) is 6.33. The second-order valence-corrected chi connectivity index (χ2v) is 4.03. The molecule has 0 saturated carbocycles. The highest BCUT2D eigenvalue weighted by molar-refractivity contribution is 5.81. The minimum Gasteiger partial charge on any atom is -0.493 e. The van der Waals surface area contributed by atoms with E-state index in [9.17, 15) is 4.79 Å². The van der Waals surface area contributed by atoms with Crippen LogP contribution < -0.4 is 24.8 Å². The summed E-state index contributed by atoms with van der Waals surface area (Å²) in [5, 5.41) is 14.0. The fourth-order valence-corrected chi connectivity index (χ4v) is 1.69. The van der Waals surface area contributed by atoms with Crippen molar-refractivity contribution in [1.29, 1.82) is 5.26 Å². The van der Waals surface area contributed by atoms with Crippen LogP contribution in [0.15, 0.2) is 12.1 Å². The lowest BCUT2D eigenvalue weighted by Gasteiger charge is -2.15. The van der Waals surface area contributed by atoms with Crippen LogP contribution in [0.3, 0.4) is 0 Å². The first-order valence-corrected chi connectivity index (χ1v) is 6.33. The molecule has 2 N–H and O–H groups in total. The third kappa shape index (κ3) is 4.76. The van der Waals surface area contributed by atoms with Crippen LogP contribution in [0, 0.1) is 11.3 Å². The summed E-state index contributed by atoms with van der Waals surface area (Å²) in [7, 11) is 4.57. The minimum atomic E-state index is -0.195. The third-order valence-corrected chi connectivity index (χ3v) is 2.68. The quantitative estimate of drug-likeness (QED) is 0.699. The zero-order chi connectivity index (χ0) is 15.7. The van der Waals surface area contributed by atoms with E-state index in [2.05, 4.69) is 10.6 Å². The van der Waals surface area contributed by atoms with Crippen LogP contribution in [-0.2, 0) is 4.79 Å². The highest BCUT2D eigenvalue weighted by atomic mass is 16.5. The predicted molar refractivity (Wildman–Crippen MR) is 77.8 cm³/mol. The van der Waals surface area contributed by atoms with Gasteiger partial charge in [0, 0.05) is 24.4 Å². The Hall–Kier alpha value is -2.62. The Labute approximate surface area is 123 Å². The predicted octanol–water partition coefficient (Wildman–Crippen LogP) is 1.15. The number of methoxy groups -OCH3 is 3. The number of amides is 1. The number of ether oxygens (including phenoxy) is 3. The number of hydrogen-bond donors (Lipinski definition) is 2. The number of nitriles is 1. The Balaban J connectivity index is 2.71. The highest BCUT2D eigenvalue weighted by Gasteiger charge is 2.13. The molecule has 0 bridgehead atoms. The molecule has 7 heteroatoms. The number of carbonyl (C=O) groups excluding carboxylic acids is 1. The van der Waals surface area contributed by atoms with E-state index in [1.54, 1.807) is 12.1 Å². The van der Waals surface area contributed by atoms with E-state index in [0.717, 1.165) is 0 Å². The number of rotatable bonds is 8. The number of anilines is 1. The molecule has 0 unspecified atom stereocenters. The van der Waals surface area contributed by atoms with Crippen molar-refractivity contribution in [1.82, 2.24) is 5.32 Å². The molecule has 0 aromatic heterocycles. The van der Waals surface area contributed by atoms with Gasteiger partial charge in [0.1, 0.15) is 0 Å². The lowest BCUT2D eigenvalue weighted by Crippen LogP contribution is -2.30. The van der Waals surface area contributed by atoms with E-state index in [-0.39, 0.29) is 18.9 Å². The first kappa shape index (κ1) is 16.4. The lowest BCUT2D eigenvalue weighted by molar-refractivity contribution is -0.119. The SMILES string of the molecule is COc1cc(NCC(=O)NCCC#N)cc(OC)c1OC. The number of carbonyl (C=O) groups is 1. The summed E-state index contributed by atoms with van der Waals surface area (Å²) in [4.78, 5) is 11.6. The van der Waals surface area contributed by atoms with E-state index in [4.69, 9.17) is 19.5 Å². The van der Waals surface area contributed by atoms with Crippen LogP contribution >= 0.6 is 0 Å². The van der Waals surface area contributed by atoms with Gasteiger partial charge in [-0.05, 0) is 0 Å². The molecule has 0 fully saturated rings. The first-order chi connectivity index (χ1) is 10.2. The maximum absolute atomic E-state index is 11.6. The monoisotopic (exact) mass is 293 g/mol. The van der Waals surface area contributed by atoms with Gasteiger partial charge in [-0.15, -0.1) is 0 Å². The fraction of sp³-hybridized carbons (Fsp3) is 0.429. The summed E-state index contributed by atoms with van der Waals surface area (Å²) in [5.74, 6) is 1.30. The van der Waals surface area contributed by atoms with Gasteiger partial charge >= 0.3 is 0 Å². The molecule has 21 heavy (non-hydrogen) atoms. The number of benzene rings is 1. The molecule has 1 rings (SSSR count). The maximum Gasteiger partial charge on any atom is 0.239 e. The Morgan fingerprint density at radius 3 is 2.29 bits per heavy atom. The van der Waals surface area contributed by atoms with E-state index in [1.807, 2.05) is 6.07 Å². The van der Waals surface area contributed by atoms with Gasteiger partial charge in [-0.2, -0.15) is 5.26 Å². The number of nitrogens with one attached hydrogen (secondary N) is 2. The van der Waals surface area contributed by atoms with Gasteiger partial charge in [0.05, 0.1) is 40.4 Å². The maximum atomic E-state index is 11.6. The van der Waals surface area contributed by atoms with Gasteiger partial charge in [-0.3, -0.25) is 4.79 Å². The molecule has 7 nitrogen and oxygen atoms in total. The molecular weight excluding hydrogens is 274 g/mol. The van der Waals surface area contributed by atoms with Crippen molar-refractivity contribution < 1.29 is 19.0 Å². The summed E-state index contributed by atoms with van der Waals surface area (Å²) < 4.78 is 15.7. The summed E-state index contributed by atoms with van der Waals surface area (Å²) in [5.41, 5.74) is 0.667. The Kier molecular flexibility index (Phi) is 6.68. The van der Waals surface area contributed by atoms with Crippen molar-refractivity contribution in [3.8, 4) is 23.3 Å². The van der Waals surface area contributed by atoms with Gasteiger partial charge in [0.15, 0.2) is 11.5 Å². The molecule has 1 aromatic rings. The Morgan fingerprint density at radius 2 is 1.81 bits per heavy atom. The minimum absolute atomic E-state index is 0.0874. The van der Waals surface area contributed by atoms with Crippen molar-refractivity contribution in [2.24, 2.45) is 0 Å². The van der Waals surface area contributed by atoms with Crippen LogP contribution in [0.5, 0.6) is 17.2 Å². The summed E-state index contributed by atoms with van der Waals surface area (Å²) in [6, 6.07) is 5.38. The molecular formula is C14H19N3O4. The Bertz CT molecular complexity index is 500. The van der Waals surface area contributed by atoms with Gasteiger partial charge in [-0.1, -0.05) is 0 Å². The summed E-state index contributed by atoms with van der Waals surface area (Å²) in [6.45, 7) is 0.427. The normalized spacial score (nSPS) is 9.43. The standard InChI is InChI=1S/C14H19N3O4/c1-19-11-7-10(8-12(20-2)14(11)21-3)17-9-13(18)16-6-4-5-15/h7-8,17H,4,6,9H2,1-3H3,(H,16,18). The second kappa shape index (κ2) is 8.53. The van der Waals surface area contributed by atoms with E-state index < -0.39 is 0 Å². The van der Waals surface area contributed by atoms with Crippen LogP contribution in [0.2, 0.25) is 0 Å². The van der Waals surface area contributed by atoms with Crippen molar-refractivity contribution in [2.45, 2.75) is 6.42 Å². The zero-order valence-electron chi connectivity index (χ0n) is 12.4. The number of nitrogens with zero attached hydrogens (tertiary/aromatic N) is 1. The molecule has 0 radical (unpaired) electrons. The largest absolute Gasteiger partial charge is 0.493 e. The van der Waals surface area contributed by atoms with Crippen LogP contribution in [0.1, 0.15) is 6.42 Å². The summed E-state index contributed by atoms with van der Waals surface area (Å²) in [6.07, 6.45) is 0.288. The van der Waals surface area contributed by atoms with Gasteiger partial charge in [0.25, 0.3) is 0 Å². The molecule has 0 atom stereocenters. The molecule has 0 aliphatic carbocycles. The van der Waals surface area contributed by atoms with E-state index in [1.165, 1.54) is 21.3 Å². The number of hydrogen-bond acceptors (Lipinski definition) is 6. The Morgan fingerprint density at radius 1 is 1.19 bits per heavy atom. The average Bonchev–Trinajstić information content (AvgIpc) is 2.51. The van der Waals surface area contributed by atoms with Crippen molar-refractivity contribution in [3.05, 3.63) is 12.1 Å². The van der Waals surface area contributed by atoms with E-state index >= 15 is 0 Å². The molecule has 1 amide bonds.